The molecular formula is C12H14N2O. The number of hydrogen-bond acceptors (Lipinski definition) is 3. The molecule has 3 nitrogen and oxygen atoms in total. The molecule has 3 heterocycles. The van der Waals surface area contributed by atoms with Crippen LogP contribution in [0.2, 0.25) is 0 Å². The Morgan fingerprint density at radius 1 is 1.27 bits per heavy atom. The summed E-state index contributed by atoms with van der Waals surface area (Å²) in [6, 6.07) is 1.98. The fourth-order valence-corrected chi connectivity index (χ4v) is 2.34. The lowest BCUT2D eigenvalue weighted by Gasteiger charge is -2.22. The summed E-state index contributed by atoms with van der Waals surface area (Å²) < 4.78 is 5.54. The number of aromatic nitrogens is 1. The van der Waals surface area contributed by atoms with E-state index in [-0.39, 0.29) is 0 Å². The molecular weight excluding hydrogens is 188 g/mol. The lowest BCUT2D eigenvalue weighted by Crippen LogP contribution is -2.26. The van der Waals surface area contributed by atoms with Crippen LogP contribution in [0.25, 0.3) is 11.0 Å². The first kappa shape index (κ1) is 8.92. The summed E-state index contributed by atoms with van der Waals surface area (Å²) in [4.78, 5) is 4.28. The first-order chi connectivity index (χ1) is 7.45. The number of nitrogens with one attached hydrogen (secondary N) is 1. The number of rotatable bonds is 1. The molecule has 2 aromatic heterocycles. The van der Waals surface area contributed by atoms with E-state index in [1.165, 1.54) is 18.4 Å². The average molecular weight is 202 g/mol. The van der Waals surface area contributed by atoms with Gasteiger partial charge in [-0.2, -0.15) is 0 Å². The molecule has 0 radical (unpaired) electrons. The van der Waals surface area contributed by atoms with Gasteiger partial charge in [-0.3, -0.25) is 4.98 Å². The zero-order valence-corrected chi connectivity index (χ0v) is 8.57. The van der Waals surface area contributed by atoms with Crippen molar-refractivity contribution in [3.8, 4) is 0 Å². The van der Waals surface area contributed by atoms with E-state index >= 15 is 0 Å². The molecule has 0 aliphatic carbocycles. The Labute approximate surface area is 88.5 Å². The van der Waals surface area contributed by atoms with Gasteiger partial charge in [-0.1, -0.05) is 0 Å². The highest BCUT2D eigenvalue weighted by Gasteiger charge is 2.18. The van der Waals surface area contributed by atoms with Gasteiger partial charge in [0.25, 0.3) is 0 Å². The Bertz CT molecular complexity index is 457. The third-order valence-electron chi connectivity index (χ3n) is 3.16. The van der Waals surface area contributed by atoms with Gasteiger partial charge in [0, 0.05) is 23.3 Å². The Morgan fingerprint density at radius 2 is 2.13 bits per heavy atom. The SMILES string of the molecule is c1cc2cncc(C3CCNCC3)c2o1. The summed E-state index contributed by atoms with van der Waals surface area (Å²) >= 11 is 0. The molecule has 2 aromatic rings. The number of hydrogen-bond donors (Lipinski definition) is 1. The fraction of sp³-hybridized carbons (Fsp3) is 0.417. The van der Waals surface area contributed by atoms with Crippen LogP contribution in [0.5, 0.6) is 0 Å². The number of nitrogens with zero attached hydrogens (tertiary/aromatic N) is 1. The molecule has 0 saturated carbocycles. The van der Waals surface area contributed by atoms with E-state index in [1.807, 2.05) is 18.5 Å². The van der Waals surface area contributed by atoms with E-state index < -0.39 is 0 Å². The van der Waals surface area contributed by atoms with Gasteiger partial charge in [-0.05, 0) is 37.9 Å². The smallest absolute Gasteiger partial charge is 0.140 e. The van der Waals surface area contributed by atoms with Crippen LogP contribution in [0.4, 0.5) is 0 Å². The quantitative estimate of drug-likeness (QED) is 0.771. The molecule has 0 amide bonds. The molecule has 0 aromatic carbocycles. The highest BCUT2D eigenvalue weighted by molar-refractivity contribution is 5.79. The van der Waals surface area contributed by atoms with Crippen LogP contribution in [0, 0.1) is 0 Å². The monoisotopic (exact) mass is 202 g/mol. The molecule has 0 bridgehead atoms. The van der Waals surface area contributed by atoms with E-state index in [1.54, 1.807) is 6.26 Å². The van der Waals surface area contributed by atoms with Gasteiger partial charge >= 0.3 is 0 Å². The van der Waals surface area contributed by atoms with Crippen molar-refractivity contribution in [1.82, 2.24) is 10.3 Å². The lowest BCUT2D eigenvalue weighted by atomic mass is 9.91. The van der Waals surface area contributed by atoms with Crippen molar-refractivity contribution < 1.29 is 4.42 Å². The van der Waals surface area contributed by atoms with Crippen molar-refractivity contribution in [1.29, 1.82) is 0 Å². The lowest BCUT2D eigenvalue weighted by molar-refractivity contribution is 0.457. The molecule has 15 heavy (non-hydrogen) atoms. The van der Waals surface area contributed by atoms with Gasteiger partial charge in [0.15, 0.2) is 0 Å². The van der Waals surface area contributed by atoms with Crippen LogP contribution in [0.1, 0.15) is 24.3 Å². The molecule has 0 spiro atoms. The summed E-state index contributed by atoms with van der Waals surface area (Å²) in [5.74, 6) is 0.605. The zero-order valence-electron chi connectivity index (χ0n) is 8.57. The minimum Gasteiger partial charge on any atom is -0.464 e. The topological polar surface area (TPSA) is 38.1 Å². The van der Waals surface area contributed by atoms with Crippen LogP contribution in [-0.2, 0) is 0 Å². The second-order valence-corrected chi connectivity index (χ2v) is 4.09. The largest absolute Gasteiger partial charge is 0.464 e. The maximum absolute atomic E-state index is 5.54. The Hall–Kier alpha value is -1.35. The first-order valence-corrected chi connectivity index (χ1v) is 5.47. The summed E-state index contributed by atoms with van der Waals surface area (Å²) in [5, 5.41) is 4.49. The highest BCUT2D eigenvalue weighted by atomic mass is 16.3. The van der Waals surface area contributed by atoms with Gasteiger partial charge < -0.3 is 9.73 Å². The second-order valence-electron chi connectivity index (χ2n) is 4.09. The van der Waals surface area contributed by atoms with Gasteiger partial charge in [0.05, 0.1) is 6.26 Å². The molecule has 78 valence electrons. The highest BCUT2D eigenvalue weighted by Crippen LogP contribution is 2.30. The maximum atomic E-state index is 5.54. The molecule has 3 rings (SSSR count). The molecule has 1 aliphatic rings. The summed E-state index contributed by atoms with van der Waals surface area (Å²) in [5.41, 5.74) is 2.30. The van der Waals surface area contributed by atoms with Gasteiger partial charge in [0.1, 0.15) is 5.58 Å². The normalized spacial score (nSPS) is 18.4. The molecule has 0 unspecified atom stereocenters. The summed E-state index contributed by atoms with van der Waals surface area (Å²) in [6.07, 6.45) is 7.94. The zero-order chi connectivity index (χ0) is 10.1. The number of furan rings is 1. The van der Waals surface area contributed by atoms with Gasteiger partial charge in [-0.25, -0.2) is 0 Å². The first-order valence-electron chi connectivity index (χ1n) is 5.47. The third kappa shape index (κ3) is 1.53. The minimum atomic E-state index is 0.605. The van der Waals surface area contributed by atoms with E-state index in [0.717, 1.165) is 24.1 Å². The number of piperidine rings is 1. The summed E-state index contributed by atoms with van der Waals surface area (Å²) in [7, 11) is 0. The molecule has 1 aliphatic heterocycles. The van der Waals surface area contributed by atoms with Gasteiger partial charge in [-0.15, -0.1) is 0 Å². The van der Waals surface area contributed by atoms with Crippen LogP contribution in [0.15, 0.2) is 29.1 Å². The van der Waals surface area contributed by atoms with E-state index in [2.05, 4.69) is 10.3 Å². The van der Waals surface area contributed by atoms with Crippen molar-refractivity contribution >= 4 is 11.0 Å². The number of pyridine rings is 1. The maximum Gasteiger partial charge on any atom is 0.140 e. The standard InChI is InChI=1S/C12H14N2O/c1-4-13-5-2-9(1)11-8-14-7-10-3-6-15-12(10)11/h3,6-9,13H,1-2,4-5H2. The second kappa shape index (κ2) is 3.66. The van der Waals surface area contributed by atoms with Crippen molar-refractivity contribution in [2.75, 3.05) is 13.1 Å². The van der Waals surface area contributed by atoms with Crippen LogP contribution in [-0.4, -0.2) is 18.1 Å². The van der Waals surface area contributed by atoms with Crippen LogP contribution in [0.3, 0.4) is 0 Å². The predicted molar refractivity (Wildman–Crippen MR) is 58.9 cm³/mol. The van der Waals surface area contributed by atoms with E-state index in [4.69, 9.17) is 4.42 Å². The molecule has 1 saturated heterocycles. The third-order valence-corrected chi connectivity index (χ3v) is 3.16. The minimum absolute atomic E-state index is 0.605. The van der Waals surface area contributed by atoms with E-state index in [0.29, 0.717) is 5.92 Å². The van der Waals surface area contributed by atoms with Crippen LogP contribution >= 0.6 is 0 Å². The van der Waals surface area contributed by atoms with Crippen molar-refractivity contribution in [3.63, 3.8) is 0 Å². The van der Waals surface area contributed by atoms with Gasteiger partial charge in [0.2, 0.25) is 0 Å². The number of fused-ring (bicyclic) bond motifs is 1. The Kier molecular flexibility index (Phi) is 2.18. The molecule has 1 N–H and O–H groups in total. The van der Waals surface area contributed by atoms with Crippen molar-refractivity contribution in [2.45, 2.75) is 18.8 Å². The Morgan fingerprint density at radius 3 is 3.00 bits per heavy atom. The molecule has 3 heteroatoms. The molecule has 1 fully saturated rings. The molecule has 0 atom stereocenters. The Balaban J connectivity index is 2.05. The average Bonchev–Trinajstić information content (AvgIpc) is 2.78. The predicted octanol–water partition coefficient (Wildman–Crippen LogP) is 2.29. The van der Waals surface area contributed by atoms with Crippen molar-refractivity contribution in [2.24, 2.45) is 0 Å². The van der Waals surface area contributed by atoms with Crippen molar-refractivity contribution in [3.05, 3.63) is 30.3 Å². The summed E-state index contributed by atoms with van der Waals surface area (Å²) in [6.45, 7) is 2.20. The fourth-order valence-electron chi connectivity index (χ4n) is 2.34. The van der Waals surface area contributed by atoms with Crippen LogP contribution < -0.4 is 5.32 Å². The van der Waals surface area contributed by atoms with E-state index in [9.17, 15) is 0 Å².